The Bertz CT molecular complexity index is 831. The van der Waals surface area contributed by atoms with Crippen LogP contribution in [-0.2, 0) is 16.0 Å². The van der Waals surface area contributed by atoms with Crippen LogP contribution in [0.2, 0.25) is 0 Å². The van der Waals surface area contributed by atoms with Crippen LogP contribution in [0.25, 0.3) is 5.65 Å². The van der Waals surface area contributed by atoms with Crippen molar-refractivity contribution in [3.63, 3.8) is 0 Å². The minimum Gasteiger partial charge on any atom is -0.463 e. The van der Waals surface area contributed by atoms with Gasteiger partial charge in [0.05, 0.1) is 18.5 Å². The summed E-state index contributed by atoms with van der Waals surface area (Å²) in [5.74, 6) is 1.89. The van der Waals surface area contributed by atoms with Crippen LogP contribution < -0.4 is 5.32 Å². The Morgan fingerprint density at radius 1 is 1.50 bits per heavy atom. The van der Waals surface area contributed by atoms with Crippen LogP contribution in [0.1, 0.15) is 37.2 Å². The van der Waals surface area contributed by atoms with E-state index < -0.39 is 0 Å². The zero-order valence-electron chi connectivity index (χ0n) is 13.3. The van der Waals surface area contributed by atoms with Crippen LogP contribution in [0, 0.1) is 0 Å². The summed E-state index contributed by atoms with van der Waals surface area (Å²) in [6.07, 6.45) is 6.03. The summed E-state index contributed by atoms with van der Waals surface area (Å²) < 4.78 is 7.56. The summed E-state index contributed by atoms with van der Waals surface area (Å²) in [5.41, 5.74) is 3.07. The maximum absolute atomic E-state index is 11.7. The van der Waals surface area contributed by atoms with Crippen LogP contribution in [-0.4, -0.2) is 42.6 Å². The number of anilines is 1. The largest absolute Gasteiger partial charge is 0.463 e. The zero-order valence-corrected chi connectivity index (χ0v) is 15.5. The number of halogens is 1. The van der Waals surface area contributed by atoms with E-state index in [0.717, 1.165) is 54.4 Å². The van der Waals surface area contributed by atoms with Crippen LogP contribution in [0.15, 0.2) is 17.8 Å². The van der Waals surface area contributed by atoms with Crippen molar-refractivity contribution in [2.24, 2.45) is 0 Å². The van der Waals surface area contributed by atoms with Crippen LogP contribution in [0.3, 0.4) is 0 Å². The molecule has 0 unspecified atom stereocenters. The molecule has 3 heterocycles. The van der Waals surface area contributed by atoms with Gasteiger partial charge < -0.3 is 10.1 Å². The molecular formula is C16H18IN5O2. The quantitative estimate of drug-likeness (QED) is 0.342. The highest BCUT2D eigenvalue weighted by molar-refractivity contribution is 14.1. The number of aromatic nitrogens is 4. The molecule has 0 spiro atoms. The summed E-state index contributed by atoms with van der Waals surface area (Å²) in [6.45, 7) is 3.12. The minimum atomic E-state index is -0.253. The SMILES string of the molecule is CCOC(=O)/C=C1\C[C@@H](I)[C@@H](c2nnc3cnc4c(n23)CCN4)C1. The van der Waals surface area contributed by atoms with E-state index in [9.17, 15) is 4.79 Å². The number of hydrogen-bond donors (Lipinski definition) is 1. The fraction of sp³-hybridized carbons (Fsp3) is 0.500. The lowest BCUT2D eigenvalue weighted by Crippen LogP contribution is -2.11. The molecule has 1 aliphatic carbocycles. The first-order valence-corrected chi connectivity index (χ1v) is 9.39. The molecule has 2 aliphatic rings. The Balaban J connectivity index is 1.68. The van der Waals surface area contributed by atoms with E-state index in [0.29, 0.717) is 10.5 Å². The zero-order chi connectivity index (χ0) is 16.7. The lowest BCUT2D eigenvalue weighted by atomic mass is 10.1. The van der Waals surface area contributed by atoms with Crippen molar-refractivity contribution in [1.29, 1.82) is 0 Å². The van der Waals surface area contributed by atoms with Gasteiger partial charge >= 0.3 is 5.97 Å². The lowest BCUT2D eigenvalue weighted by molar-refractivity contribution is -0.137. The molecule has 8 heteroatoms. The standard InChI is InChI=1S/C16H18IN5O2/c1-2-24-14(23)7-9-5-10(11(17)6-9)16-21-20-13-8-19-15-12(22(13)16)3-4-18-15/h7-8,10-11,18H,2-6H2,1H3/b9-7-/t10-,11+/m0/s1. The number of nitrogens with zero attached hydrogens (tertiary/aromatic N) is 4. The summed E-state index contributed by atoms with van der Waals surface area (Å²) in [5, 5.41) is 12.0. The van der Waals surface area contributed by atoms with E-state index in [1.807, 2.05) is 6.92 Å². The van der Waals surface area contributed by atoms with E-state index in [1.165, 1.54) is 0 Å². The second-order valence-electron chi connectivity index (χ2n) is 6.07. The molecule has 1 saturated carbocycles. The number of carbonyl (C=O) groups excluding carboxylic acids is 1. The van der Waals surface area contributed by atoms with Crippen molar-refractivity contribution in [3.8, 4) is 0 Å². The van der Waals surface area contributed by atoms with Gasteiger partial charge in [-0.05, 0) is 19.8 Å². The number of nitrogens with one attached hydrogen (secondary N) is 1. The molecule has 0 bridgehead atoms. The molecule has 1 fully saturated rings. The van der Waals surface area contributed by atoms with Gasteiger partial charge in [-0.3, -0.25) is 4.40 Å². The van der Waals surface area contributed by atoms with Crippen molar-refractivity contribution in [3.05, 3.63) is 29.4 Å². The van der Waals surface area contributed by atoms with Crippen LogP contribution in [0.5, 0.6) is 0 Å². The monoisotopic (exact) mass is 439 g/mol. The average molecular weight is 439 g/mol. The molecular weight excluding hydrogens is 421 g/mol. The van der Waals surface area contributed by atoms with Gasteiger partial charge in [0.25, 0.3) is 0 Å². The normalized spacial score (nSPS) is 24.3. The molecule has 1 N–H and O–H groups in total. The number of fused-ring (bicyclic) bond motifs is 3. The molecule has 0 saturated heterocycles. The molecule has 4 rings (SSSR count). The number of alkyl halides is 1. The van der Waals surface area contributed by atoms with E-state index >= 15 is 0 Å². The number of esters is 1. The predicted octanol–water partition coefficient (Wildman–Crippen LogP) is 2.26. The summed E-state index contributed by atoms with van der Waals surface area (Å²) in [4.78, 5) is 16.1. The molecule has 126 valence electrons. The van der Waals surface area contributed by atoms with E-state index in [2.05, 4.69) is 47.5 Å². The van der Waals surface area contributed by atoms with E-state index in [1.54, 1.807) is 12.3 Å². The van der Waals surface area contributed by atoms with Gasteiger partial charge in [0.15, 0.2) is 5.65 Å². The molecule has 0 radical (unpaired) electrons. The topological polar surface area (TPSA) is 81.4 Å². The summed E-state index contributed by atoms with van der Waals surface area (Å²) in [6, 6.07) is 0. The van der Waals surface area contributed by atoms with Gasteiger partial charge in [-0.25, -0.2) is 9.78 Å². The Labute approximate surface area is 153 Å². The third-order valence-corrected chi connectivity index (χ3v) is 5.84. The Hall–Kier alpha value is -1.71. The first-order valence-electron chi connectivity index (χ1n) is 8.14. The molecule has 0 amide bonds. The van der Waals surface area contributed by atoms with Gasteiger partial charge in [-0.2, -0.15) is 0 Å². The molecule has 0 aromatic carbocycles. The highest BCUT2D eigenvalue weighted by Crippen LogP contribution is 2.42. The van der Waals surface area contributed by atoms with Crippen molar-refractivity contribution in [2.75, 3.05) is 18.5 Å². The number of hydrogen-bond acceptors (Lipinski definition) is 6. The lowest BCUT2D eigenvalue weighted by Gasteiger charge is -2.13. The number of allylic oxidation sites excluding steroid dienone is 1. The smallest absolute Gasteiger partial charge is 0.330 e. The number of ether oxygens (including phenoxy) is 1. The maximum Gasteiger partial charge on any atom is 0.330 e. The Morgan fingerprint density at radius 3 is 3.21 bits per heavy atom. The van der Waals surface area contributed by atoms with Crippen LogP contribution in [0.4, 0.5) is 5.82 Å². The molecule has 2 atom stereocenters. The van der Waals surface area contributed by atoms with Crippen molar-refractivity contribution >= 4 is 40.0 Å². The fourth-order valence-electron chi connectivity index (χ4n) is 3.50. The fourth-order valence-corrected chi connectivity index (χ4v) is 4.64. The molecule has 2 aromatic heterocycles. The number of carbonyl (C=O) groups is 1. The highest BCUT2D eigenvalue weighted by atomic mass is 127. The average Bonchev–Trinajstić information content (AvgIpc) is 3.24. The van der Waals surface area contributed by atoms with Gasteiger partial charge in [0.2, 0.25) is 0 Å². The second kappa shape index (κ2) is 6.30. The molecule has 2 aromatic rings. The summed E-state index contributed by atoms with van der Waals surface area (Å²) in [7, 11) is 0. The highest BCUT2D eigenvalue weighted by Gasteiger charge is 2.34. The van der Waals surface area contributed by atoms with Crippen molar-refractivity contribution in [1.82, 2.24) is 19.6 Å². The minimum absolute atomic E-state index is 0.244. The Morgan fingerprint density at radius 2 is 2.38 bits per heavy atom. The van der Waals surface area contributed by atoms with Crippen LogP contribution >= 0.6 is 22.6 Å². The third kappa shape index (κ3) is 2.66. The first kappa shape index (κ1) is 15.8. The van der Waals surface area contributed by atoms with E-state index in [4.69, 9.17) is 4.74 Å². The maximum atomic E-state index is 11.7. The second-order valence-corrected chi connectivity index (χ2v) is 7.67. The molecule has 1 aliphatic heterocycles. The van der Waals surface area contributed by atoms with Gasteiger partial charge in [-0.1, -0.05) is 28.2 Å². The van der Waals surface area contributed by atoms with Crippen molar-refractivity contribution in [2.45, 2.75) is 36.0 Å². The Kier molecular flexibility index (Phi) is 4.15. The van der Waals surface area contributed by atoms with Gasteiger partial charge in [0.1, 0.15) is 11.6 Å². The molecule has 24 heavy (non-hydrogen) atoms. The first-order chi connectivity index (χ1) is 11.7. The molecule has 7 nitrogen and oxygen atoms in total. The summed E-state index contributed by atoms with van der Waals surface area (Å²) >= 11 is 2.45. The number of rotatable bonds is 3. The van der Waals surface area contributed by atoms with E-state index in [-0.39, 0.29) is 11.9 Å². The predicted molar refractivity (Wildman–Crippen MR) is 97.5 cm³/mol. The van der Waals surface area contributed by atoms with Crippen molar-refractivity contribution < 1.29 is 9.53 Å². The van der Waals surface area contributed by atoms with Gasteiger partial charge in [0, 0.05) is 28.9 Å². The van der Waals surface area contributed by atoms with Gasteiger partial charge in [-0.15, -0.1) is 10.2 Å². The third-order valence-electron chi connectivity index (χ3n) is 4.54.